The van der Waals surface area contributed by atoms with Crippen molar-refractivity contribution in [3.8, 4) is 0 Å². The molecule has 1 aromatic rings. The van der Waals surface area contributed by atoms with Gasteiger partial charge < -0.3 is 0 Å². The van der Waals surface area contributed by atoms with Crippen LogP contribution < -0.4 is 5.48 Å². The molecule has 86 valence electrons. The Hall–Kier alpha value is -0.590. The van der Waals surface area contributed by atoms with Gasteiger partial charge in [0.2, 0.25) is 0 Å². The number of hydrogen-bond donors (Lipinski definition) is 1. The summed E-state index contributed by atoms with van der Waals surface area (Å²) in [6.45, 7) is 0.614. The van der Waals surface area contributed by atoms with Gasteiger partial charge in [0.05, 0.1) is 6.04 Å². The predicted molar refractivity (Wildman–Crippen MR) is 52.5 cm³/mol. The maximum atomic E-state index is 11.8. The number of hydrogen-bond acceptors (Lipinski definition) is 3. The van der Waals surface area contributed by atoms with Crippen LogP contribution in [0.2, 0.25) is 0 Å². The molecule has 0 fully saturated rings. The van der Waals surface area contributed by atoms with Gasteiger partial charge in [-0.25, -0.2) is 0 Å². The summed E-state index contributed by atoms with van der Waals surface area (Å²) in [6.07, 6.45) is -3.61. The lowest BCUT2D eigenvalue weighted by Gasteiger charge is -2.15. The van der Waals surface area contributed by atoms with Gasteiger partial charge in [-0.3, -0.25) is 4.84 Å². The standard InChI is InChI=1S/C9H12F3NOS/c1-2-7(8-4-3-5-15-8)13-14-6-9(10,11)12/h3-5,7,13H,2,6H2,1H3. The van der Waals surface area contributed by atoms with Crippen LogP contribution in [0, 0.1) is 0 Å². The van der Waals surface area contributed by atoms with E-state index >= 15 is 0 Å². The minimum Gasteiger partial charge on any atom is -0.292 e. The molecule has 6 heteroatoms. The van der Waals surface area contributed by atoms with Gasteiger partial charge in [0.1, 0.15) is 0 Å². The van der Waals surface area contributed by atoms with Crippen LogP contribution in [0.5, 0.6) is 0 Å². The van der Waals surface area contributed by atoms with E-state index in [2.05, 4.69) is 10.3 Å². The SMILES string of the molecule is CCC(NOCC(F)(F)F)c1cccs1. The molecule has 0 saturated carbocycles. The van der Waals surface area contributed by atoms with Gasteiger partial charge in [-0.15, -0.1) is 11.3 Å². The summed E-state index contributed by atoms with van der Waals surface area (Å²) in [5.41, 5.74) is 2.42. The number of hydroxylamine groups is 1. The van der Waals surface area contributed by atoms with Crippen LogP contribution in [0.25, 0.3) is 0 Å². The largest absolute Gasteiger partial charge is 0.413 e. The number of rotatable bonds is 5. The van der Waals surface area contributed by atoms with Crippen LogP contribution in [0.1, 0.15) is 24.3 Å². The Morgan fingerprint density at radius 2 is 2.27 bits per heavy atom. The summed E-state index contributed by atoms with van der Waals surface area (Å²) >= 11 is 1.49. The Kier molecular flexibility index (Phi) is 4.56. The topological polar surface area (TPSA) is 21.3 Å². The van der Waals surface area contributed by atoms with E-state index in [-0.39, 0.29) is 6.04 Å². The summed E-state index contributed by atoms with van der Waals surface area (Å²) in [6, 6.07) is 3.55. The highest BCUT2D eigenvalue weighted by molar-refractivity contribution is 7.10. The smallest absolute Gasteiger partial charge is 0.292 e. The Morgan fingerprint density at radius 1 is 1.53 bits per heavy atom. The molecule has 1 atom stereocenters. The van der Waals surface area contributed by atoms with Gasteiger partial charge in [0.25, 0.3) is 0 Å². The number of thiophene rings is 1. The highest BCUT2D eigenvalue weighted by Gasteiger charge is 2.28. The van der Waals surface area contributed by atoms with Gasteiger partial charge in [-0.05, 0) is 17.9 Å². The molecule has 1 aromatic heterocycles. The van der Waals surface area contributed by atoms with Crippen LogP contribution in [0.4, 0.5) is 13.2 Å². The first-order valence-electron chi connectivity index (χ1n) is 4.50. The molecule has 0 aromatic carbocycles. The van der Waals surface area contributed by atoms with Crippen LogP contribution in [0.15, 0.2) is 17.5 Å². The van der Waals surface area contributed by atoms with Crippen molar-refractivity contribution in [2.45, 2.75) is 25.6 Å². The minimum absolute atomic E-state index is 0.174. The molecule has 1 heterocycles. The fraction of sp³-hybridized carbons (Fsp3) is 0.556. The number of nitrogens with one attached hydrogen (secondary N) is 1. The zero-order chi connectivity index (χ0) is 11.3. The first-order valence-corrected chi connectivity index (χ1v) is 5.38. The van der Waals surface area contributed by atoms with E-state index in [9.17, 15) is 13.2 Å². The highest BCUT2D eigenvalue weighted by atomic mass is 32.1. The van der Waals surface area contributed by atoms with Gasteiger partial charge in [-0.2, -0.15) is 18.7 Å². The van der Waals surface area contributed by atoms with Gasteiger partial charge in [0, 0.05) is 4.88 Å². The number of halogens is 3. The van der Waals surface area contributed by atoms with Crippen molar-refractivity contribution in [2.75, 3.05) is 6.61 Å². The molecule has 1 rings (SSSR count). The van der Waals surface area contributed by atoms with Crippen molar-refractivity contribution in [1.82, 2.24) is 5.48 Å². The van der Waals surface area contributed by atoms with Gasteiger partial charge in [-0.1, -0.05) is 13.0 Å². The second kappa shape index (κ2) is 5.48. The zero-order valence-corrected chi connectivity index (χ0v) is 8.99. The average molecular weight is 239 g/mol. The maximum absolute atomic E-state index is 11.8. The lowest BCUT2D eigenvalue weighted by molar-refractivity contribution is -0.193. The third-order valence-corrected chi connectivity index (χ3v) is 2.74. The van der Waals surface area contributed by atoms with Crippen LogP contribution in [-0.2, 0) is 4.84 Å². The van der Waals surface area contributed by atoms with Gasteiger partial charge >= 0.3 is 6.18 Å². The second-order valence-electron chi connectivity index (χ2n) is 3.00. The molecule has 15 heavy (non-hydrogen) atoms. The Bertz CT molecular complexity index is 273. The monoisotopic (exact) mass is 239 g/mol. The van der Waals surface area contributed by atoms with Crippen molar-refractivity contribution >= 4 is 11.3 Å². The first-order chi connectivity index (χ1) is 7.03. The third-order valence-electron chi connectivity index (χ3n) is 1.76. The Labute approximate surface area is 90.0 Å². The summed E-state index contributed by atoms with van der Waals surface area (Å²) in [5, 5.41) is 1.88. The number of alkyl halides is 3. The van der Waals surface area contributed by atoms with Crippen molar-refractivity contribution in [3.05, 3.63) is 22.4 Å². The molecule has 0 radical (unpaired) electrons. The molecule has 1 N–H and O–H groups in total. The fourth-order valence-electron chi connectivity index (χ4n) is 1.06. The first kappa shape index (κ1) is 12.5. The maximum Gasteiger partial charge on any atom is 0.413 e. The molecule has 0 amide bonds. The van der Waals surface area contributed by atoms with E-state index in [1.807, 2.05) is 24.4 Å². The minimum atomic E-state index is -4.29. The van der Waals surface area contributed by atoms with Crippen molar-refractivity contribution in [3.63, 3.8) is 0 Å². The quantitative estimate of drug-likeness (QED) is 0.796. The van der Waals surface area contributed by atoms with Crippen molar-refractivity contribution in [2.24, 2.45) is 0 Å². The molecular formula is C9H12F3NOS. The highest BCUT2D eigenvalue weighted by Crippen LogP contribution is 2.22. The van der Waals surface area contributed by atoms with Crippen LogP contribution >= 0.6 is 11.3 Å². The summed E-state index contributed by atoms with van der Waals surface area (Å²) in [5.74, 6) is 0. The molecule has 0 aliphatic carbocycles. The second-order valence-corrected chi connectivity index (χ2v) is 3.98. The lowest BCUT2D eigenvalue weighted by atomic mass is 10.2. The van der Waals surface area contributed by atoms with Crippen molar-refractivity contribution < 1.29 is 18.0 Å². The van der Waals surface area contributed by atoms with Gasteiger partial charge in [0.15, 0.2) is 6.61 Å². The van der Waals surface area contributed by atoms with Crippen molar-refractivity contribution in [1.29, 1.82) is 0 Å². The fourth-order valence-corrected chi connectivity index (χ4v) is 1.91. The molecular weight excluding hydrogens is 227 g/mol. The third kappa shape index (κ3) is 4.63. The predicted octanol–water partition coefficient (Wildman–Crippen LogP) is 3.28. The molecule has 0 aliphatic rings. The van der Waals surface area contributed by atoms with E-state index < -0.39 is 12.8 Å². The molecule has 2 nitrogen and oxygen atoms in total. The summed E-state index contributed by atoms with van der Waals surface area (Å²) in [4.78, 5) is 5.38. The zero-order valence-electron chi connectivity index (χ0n) is 8.17. The van der Waals surface area contributed by atoms with Crippen LogP contribution in [-0.4, -0.2) is 12.8 Å². The molecule has 0 bridgehead atoms. The molecule has 1 unspecified atom stereocenters. The summed E-state index contributed by atoms with van der Waals surface area (Å²) < 4.78 is 35.4. The Balaban J connectivity index is 2.36. The average Bonchev–Trinajstić information content (AvgIpc) is 2.63. The van der Waals surface area contributed by atoms with E-state index in [1.165, 1.54) is 11.3 Å². The lowest BCUT2D eigenvalue weighted by Crippen LogP contribution is -2.27. The van der Waals surface area contributed by atoms with E-state index in [0.29, 0.717) is 6.42 Å². The van der Waals surface area contributed by atoms with Crippen LogP contribution in [0.3, 0.4) is 0 Å². The van der Waals surface area contributed by atoms with E-state index in [1.54, 1.807) is 0 Å². The molecule has 0 saturated heterocycles. The normalized spacial score (nSPS) is 14.1. The van der Waals surface area contributed by atoms with E-state index in [0.717, 1.165) is 4.88 Å². The van der Waals surface area contributed by atoms with E-state index in [4.69, 9.17) is 0 Å². The summed E-state index contributed by atoms with van der Waals surface area (Å²) in [7, 11) is 0. The molecule has 0 spiro atoms. The Morgan fingerprint density at radius 3 is 2.73 bits per heavy atom. The molecule has 0 aliphatic heterocycles.